The average molecular weight is 350 g/mol. The highest BCUT2D eigenvalue weighted by molar-refractivity contribution is 7.89. The molecule has 0 heterocycles. The Kier molecular flexibility index (Phi) is 6.05. The lowest BCUT2D eigenvalue weighted by Crippen LogP contribution is -2.48. The maximum Gasteiger partial charge on any atom is 0.244 e. The second-order valence-corrected chi connectivity index (χ2v) is 6.87. The first-order valence-electron chi connectivity index (χ1n) is 7.52. The van der Waals surface area contributed by atoms with Gasteiger partial charge in [-0.15, -0.1) is 0 Å². The fourth-order valence-corrected chi connectivity index (χ4v) is 3.52. The van der Waals surface area contributed by atoms with Crippen LogP contribution in [0.4, 0.5) is 4.39 Å². The number of hydrogen-bond donors (Lipinski definition) is 2. The predicted octanol–water partition coefficient (Wildman–Crippen LogP) is 1.85. The van der Waals surface area contributed by atoms with Crippen LogP contribution in [0.25, 0.3) is 0 Å². The Bertz CT molecular complexity index is 794. The molecule has 2 aromatic carbocycles. The molecule has 0 saturated carbocycles. The number of halogens is 1. The maximum atomic E-state index is 13.8. The van der Waals surface area contributed by atoms with Crippen molar-refractivity contribution in [1.82, 2.24) is 10.0 Å². The smallest absolute Gasteiger partial charge is 0.244 e. The van der Waals surface area contributed by atoms with Crippen molar-refractivity contribution in [3.8, 4) is 0 Å². The molecule has 0 saturated heterocycles. The van der Waals surface area contributed by atoms with E-state index in [9.17, 15) is 17.6 Å². The highest BCUT2D eigenvalue weighted by atomic mass is 32.2. The molecule has 0 bridgehead atoms. The summed E-state index contributed by atoms with van der Waals surface area (Å²) in [6.45, 7) is 2.11. The lowest BCUT2D eigenvalue weighted by Gasteiger charge is -2.18. The predicted molar refractivity (Wildman–Crippen MR) is 89.3 cm³/mol. The largest absolute Gasteiger partial charge is 0.355 e. The topological polar surface area (TPSA) is 75.3 Å². The van der Waals surface area contributed by atoms with Gasteiger partial charge in [-0.1, -0.05) is 42.5 Å². The normalized spacial score (nSPS) is 12.6. The van der Waals surface area contributed by atoms with E-state index in [0.717, 1.165) is 17.7 Å². The molecule has 7 heteroatoms. The highest BCUT2D eigenvalue weighted by Crippen LogP contribution is 2.15. The molecule has 0 aliphatic rings. The van der Waals surface area contributed by atoms with Crippen LogP contribution in [0.5, 0.6) is 0 Å². The number of rotatable bonds is 7. The third-order valence-electron chi connectivity index (χ3n) is 3.37. The summed E-state index contributed by atoms with van der Waals surface area (Å²) in [6, 6.07) is 13.0. The minimum atomic E-state index is -4.16. The van der Waals surface area contributed by atoms with Gasteiger partial charge in [0.15, 0.2) is 0 Å². The zero-order chi connectivity index (χ0) is 17.6. The van der Waals surface area contributed by atoms with Gasteiger partial charge in [0.05, 0.1) is 0 Å². The van der Waals surface area contributed by atoms with E-state index in [-0.39, 0.29) is 6.42 Å². The van der Waals surface area contributed by atoms with Crippen molar-refractivity contribution < 1.29 is 17.6 Å². The molecule has 0 aliphatic carbocycles. The van der Waals surface area contributed by atoms with Crippen LogP contribution in [0.1, 0.15) is 12.5 Å². The summed E-state index contributed by atoms with van der Waals surface area (Å²) < 4.78 is 41.0. The average Bonchev–Trinajstić information content (AvgIpc) is 2.55. The molecule has 0 aliphatic heterocycles. The Hall–Kier alpha value is -2.25. The highest BCUT2D eigenvalue weighted by Gasteiger charge is 2.27. The fourth-order valence-electron chi connectivity index (χ4n) is 2.25. The molecule has 0 spiro atoms. The van der Waals surface area contributed by atoms with Crippen LogP contribution < -0.4 is 10.0 Å². The molecule has 128 valence electrons. The molecule has 2 N–H and O–H groups in total. The van der Waals surface area contributed by atoms with Crippen molar-refractivity contribution in [1.29, 1.82) is 0 Å². The Morgan fingerprint density at radius 1 is 1.08 bits per heavy atom. The van der Waals surface area contributed by atoms with Crippen molar-refractivity contribution in [3.63, 3.8) is 0 Å². The van der Waals surface area contributed by atoms with Crippen LogP contribution in [0.3, 0.4) is 0 Å². The number of hydrogen-bond acceptors (Lipinski definition) is 3. The van der Waals surface area contributed by atoms with Crippen LogP contribution in [0, 0.1) is 5.82 Å². The van der Waals surface area contributed by atoms with E-state index >= 15 is 0 Å². The van der Waals surface area contributed by atoms with Gasteiger partial charge in [-0.05, 0) is 31.0 Å². The molecule has 2 aromatic rings. The second-order valence-electron chi connectivity index (χ2n) is 5.19. The van der Waals surface area contributed by atoms with Crippen LogP contribution in [-0.4, -0.2) is 26.9 Å². The molecule has 24 heavy (non-hydrogen) atoms. The minimum absolute atomic E-state index is 0.167. The number of carbonyl (C=O) groups excluding carboxylic acids is 1. The van der Waals surface area contributed by atoms with Gasteiger partial charge in [0.25, 0.3) is 0 Å². The van der Waals surface area contributed by atoms with E-state index in [2.05, 4.69) is 10.0 Å². The summed E-state index contributed by atoms with van der Waals surface area (Å²) in [5.41, 5.74) is 0.796. The van der Waals surface area contributed by atoms with Gasteiger partial charge in [-0.25, -0.2) is 12.8 Å². The lowest BCUT2D eigenvalue weighted by atomic mass is 10.1. The Morgan fingerprint density at radius 2 is 1.71 bits per heavy atom. The molecule has 1 amide bonds. The van der Waals surface area contributed by atoms with E-state index in [4.69, 9.17) is 0 Å². The molecular weight excluding hydrogens is 331 g/mol. The summed E-state index contributed by atoms with van der Waals surface area (Å²) >= 11 is 0. The summed E-state index contributed by atoms with van der Waals surface area (Å²) in [5.74, 6) is -1.32. The first kappa shape index (κ1) is 18.1. The second kappa shape index (κ2) is 8.03. The maximum absolute atomic E-state index is 13.8. The van der Waals surface area contributed by atoms with Crippen molar-refractivity contribution in [2.75, 3.05) is 6.54 Å². The van der Waals surface area contributed by atoms with Crippen LogP contribution in [0.2, 0.25) is 0 Å². The number of benzene rings is 2. The molecule has 0 radical (unpaired) electrons. The molecule has 0 unspecified atom stereocenters. The Morgan fingerprint density at radius 3 is 2.33 bits per heavy atom. The van der Waals surface area contributed by atoms with Crippen molar-refractivity contribution in [2.24, 2.45) is 0 Å². The number of nitrogens with one attached hydrogen (secondary N) is 2. The lowest BCUT2D eigenvalue weighted by molar-refractivity contribution is -0.122. The first-order valence-corrected chi connectivity index (χ1v) is 9.01. The van der Waals surface area contributed by atoms with E-state index in [0.29, 0.717) is 6.54 Å². The van der Waals surface area contributed by atoms with Crippen LogP contribution in [-0.2, 0) is 21.2 Å². The first-order chi connectivity index (χ1) is 11.4. The van der Waals surface area contributed by atoms with Crippen molar-refractivity contribution >= 4 is 15.9 Å². The fraction of sp³-hybridized carbons (Fsp3) is 0.235. The van der Waals surface area contributed by atoms with Gasteiger partial charge >= 0.3 is 0 Å². The van der Waals surface area contributed by atoms with Crippen molar-refractivity contribution in [2.45, 2.75) is 24.3 Å². The van der Waals surface area contributed by atoms with Gasteiger partial charge in [-0.3, -0.25) is 4.79 Å². The van der Waals surface area contributed by atoms with E-state index in [1.165, 1.54) is 12.1 Å². The van der Waals surface area contributed by atoms with Gasteiger partial charge in [0, 0.05) is 6.54 Å². The molecular formula is C17H19FN2O3S. The van der Waals surface area contributed by atoms with Crippen molar-refractivity contribution in [3.05, 3.63) is 66.0 Å². The minimum Gasteiger partial charge on any atom is -0.355 e. The van der Waals surface area contributed by atoms with E-state index in [1.807, 2.05) is 6.07 Å². The van der Waals surface area contributed by atoms with Gasteiger partial charge in [-0.2, -0.15) is 4.72 Å². The summed E-state index contributed by atoms with van der Waals surface area (Å²) in [4.78, 5) is 11.7. The zero-order valence-corrected chi connectivity index (χ0v) is 14.0. The molecule has 0 aromatic heterocycles. The van der Waals surface area contributed by atoms with Gasteiger partial charge < -0.3 is 5.32 Å². The van der Waals surface area contributed by atoms with E-state index < -0.39 is 32.7 Å². The Balaban J connectivity index is 2.27. The standard InChI is InChI=1S/C17H19FN2O3S/c1-2-19-17(21)15(12-13-8-4-3-5-9-13)20-24(22,23)16-11-7-6-10-14(16)18/h3-11,15,20H,2,12H2,1H3,(H,19,21)/t15-/m0/s1. The molecule has 1 atom stereocenters. The van der Waals surface area contributed by atoms with Gasteiger partial charge in [0.1, 0.15) is 16.8 Å². The van der Waals surface area contributed by atoms with Gasteiger partial charge in [0.2, 0.25) is 15.9 Å². The van der Waals surface area contributed by atoms with Crippen LogP contribution in [0.15, 0.2) is 59.5 Å². The van der Waals surface area contributed by atoms with Crippen LogP contribution >= 0.6 is 0 Å². The quantitative estimate of drug-likeness (QED) is 0.800. The monoisotopic (exact) mass is 350 g/mol. The summed E-state index contributed by atoms with van der Waals surface area (Å²) in [5, 5.41) is 2.59. The number of likely N-dealkylation sites (N-methyl/N-ethyl adjacent to an activating group) is 1. The van der Waals surface area contributed by atoms with E-state index in [1.54, 1.807) is 31.2 Å². The number of amides is 1. The SMILES string of the molecule is CCNC(=O)[C@H](Cc1ccccc1)NS(=O)(=O)c1ccccc1F. The molecule has 5 nitrogen and oxygen atoms in total. The Labute approximate surface area is 141 Å². The summed E-state index contributed by atoms with van der Waals surface area (Å²) in [7, 11) is -4.16. The zero-order valence-electron chi connectivity index (χ0n) is 13.2. The number of sulfonamides is 1. The number of carbonyl (C=O) groups is 1. The third-order valence-corrected chi connectivity index (χ3v) is 4.88. The summed E-state index contributed by atoms with van der Waals surface area (Å²) in [6.07, 6.45) is 0.167. The third kappa shape index (κ3) is 4.62. The molecule has 2 rings (SSSR count). The molecule has 0 fully saturated rings.